The predicted molar refractivity (Wildman–Crippen MR) is 79.2 cm³/mol. The molecule has 2 bridgehead atoms. The quantitative estimate of drug-likeness (QED) is 0.889. The average molecular weight is 295 g/mol. The van der Waals surface area contributed by atoms with Crippen molar-refractivity contribution in [3.63, 3.8) is 0 Å². The highest BCUT2D eigenvalue weighted by atomic mass is 35.5. The molecule has 2 N–H and O–H groups in total. The Hall–Kier alpha value is -1.33. The van der Waals surface area contributed by atoms with Gasteiger partial charge in [0, 0.05) is 25.8 Å². The number of carbonyl (C=O) groups excluding carboxylic acids is 1. The van der Waals surface area contributed by atoms with E-state index < -0.39 is 0 Å². The van der Waals surface area contributed by atoms with E-state index in [1.54, 1.807) is 19.3 Å². The number of rotatable bonds is 3. The molecule has 1 aromatic rings. The maximum absolute atomic E-state index is 12.3. The molecule has 6 heteroatoms. The van der Waals surface area contributed by atoms with Gasteiger partial charge >= 0.3 is 0 Å². The Balaban J connectivity index is 1.68. The molecule has 3 saturated heterocycles. The molecule has 5 nitrogen and oxygen atoms in total. The third-order valence-corrected chi connectivity index (χ3v) is 4.60. The molecule has 3 aliphatic rings. The van der Waals surface area contributed by atoms with E-state index in [9.17, 15) is 4.79 Å². The Labute approximate surface area is 123 Å². The van der Waals surface area contributed by atoms with Crippen molar-refractivity contribution in [1.82, 2.24) is 15.2 Å². The van der Waals surface area contributed by atoms with Crippen molar-refractivity contribution in [2.45, 2.75) is 18.9 Å². The average Bonchev–Trinajstić information content (AvgIpc) is 2.48. The summed E-state index contributed by atoms with van der Waals surface area (Å²) in [4.78, 5) is 18.9. The first-order chi connectivity index (χ1) is 9.67. The van der Waals surface area contributed by atoms with Gasteiger partial charge in [0.1, 0.15) is 5.82 Å². The Kier molecular flexibility index (Phi) is 3.81. The molecule has 1 aromatic heterocycles. The molecule has 0 aliphatic carbocycles. The van der Waals surface area contributed by atoms with Crippen molar-refractivity contribution in [2.24, 2.45) is 5.92 Å². The number of pyridine rings is 1. The van der Waals surface area contributed by atoms with Crippen LogP contribution in [0.1, 0.15) is 23.2 Å². The summed E-state index contributed by atoms with van der Waals surface area (Å²) in [6, 6.07) is 1.92. The largest absolute Gasteiger partial charge is 0.372 e. The summed E-state index contributed by atoms with van der Waals surface area (Å²) in [6.07, 6.45) is 3.93. The van der Waals surface area contributed by atoms with Crippen LogP contribution in [0.15, 0.2) is 12.3 Å². The van der Waals surface area contributed by atoms with Crippen LogP contribution in [0.4, 0.5) is 5.82 Å². The molecular formula is C14H19ClN4O. The lowest BCUT2D eigenvalue weighted by Crippen LogP contribution is -2.57. The van der Waals surface area contributed by atoms with Crippen molar-refractivity contribution < 1.29 is 4.79 Å². The van der Waals surface area contributed by atoms with Crippen LogP contribution in [0.25, 0.3) is 0 Å². The van der Waals surface area contributed by atoms with Gasteiger partial charge in [0.2, 0.25) is 0 Å². The highest BCUT2D eigenvalue weighted by molar-refractivity contribution is 6.33. The number of amides is 1. The monoisotopic (exact) mass is 294 g/mol. The number of aromatic nitrogens is 1. The van der Waals surface area contributed by atoms with E-state index in [-0.39, 0.29) is 11.9 Å². The zero-order valence-electron chi connectivity index (χ0n) is 11.5. The minimum atomic E-state index is -0.0826. The van der Waals surface area contributed by atoms with Crippen LogP contribution < -0.4 is 10.6 Å². The number of hydrogen-bond acceptors (Lipinski definition) is 4. The highest BCUT2D eigenvalue weighted by Gasteiger charge is 2.34. The van der Waals surface area contributed by atoms with Gasteiger partial charge in [0.05, 0.1) is 10.6 Å². The fourth-order valence-electron chi connectivity index (χ4n) is 3.13. The second kappa shape index (κ2) is 5.58. The lowest BCUT2D eigenvalue weighted by molar-refractivity contribution is 0.0620. The third kappa shape index (κ3) is 2.60. The smallest absolute Gasteiger partial charge is 0.253 e. The summed E-state index contributed by atoms with van der Waals surface area (Å²) in [5.74, 6) is 1.12. The number of halogens is 1. The van der Waals surface area contributed by atoms with Crippen LogP contribution in [0.5, 0.6) is 0 Å². The minimum absolute atomic E-state index is 0.0826. The van der Waals surface area contributed by atoms with Crippen molar-refractivity contribution in [1.29, 1.82) is 0 Å². The molecule has 0 radical (unpaired) electrons. The molecule has 0 saturated carbocycles. The van der Waals surface area contributed by atoms with Crippen molar-refractivity contribution >= 4 is 23.3 Å². The SMILES string of the molecule is CNc1ncc(C(=O)NC2CN3CCC2CC3)cc1Cl. The Bertz CT molecular complexity index is 514. The number of anilines is 1. The Morgan fingerprint density at radius 3 is 2.75 bits per heavy atom. The zero-order chi connectivity index (χ0) is 14.1. The van der Waals surface area contributed by atoms with E-state index >= 15 is 0 Å². The molecule has 1 unspecified atom stereocenters. The zero-order valence-corrected chi connectivity index (χ0v) is 12.3. The lowest BCUT2D eigenvalue weighted by Gasteiger charge is -2.44. The maximum Gasteiger partial charge on any atom is 0.253 e. The maximum atomic E-state index is 12.3. The van der Waals surface area contributed by atoms with E-state index in [0.717, 1.165) is 6.54 Å². The molecule has 4 heterocycles. The van der Waals surface area contributed by atoms with E-state index in [2.05, 4.69) is 20.5 Å². The third-order valence-electron chi connectivity index (χ3n) is 4.31. The summed E-state index contributed by atoms with van der Waals surface area (Å²) in [5, 5.41) is 6.48. The van der Waals surface area contributed by atoms with Crippen LogP contribution >= 0.6 is 11.6 Å². The van der Waals surface area contributed by atoms with Crippen molar-refractivity contribution in [3.05, 3.63) is 22.8 Å². The van der Waals surface area contributed by atoms with E-state index in [0.29, 0.717) is 22.3 Å². The summed E-state index contributed by atoms with van der Waals surface area (Å²) >= 11 is 6.07. The van der Waals surface area contributed by atoms with Gasteiger partial charge < -0.3 is 15.5 Å². The van der Waals surface area contributed by atoms with Crippen molar-refractivity contribution in [3.8, 4) is 0 Å². The van der Waals surface area contributed by atoms with Gasteiger partial charge in [-0.3, -0.25) is 4.79 Å². The Morgan fingerprint density at radius 1 is 1.45 bits per heavy atom. The van der Waals surface area contributed by atoms with Gasteiger partial charge in [-0.2, -0.15) is 0 Å². The van der Waals surface area contributed by atoms with Crippen LogP contribution in [0.3, 0.4) is 0 Å². The minimum Gasteiger partial charge on any atom is -0.372 e. The molecule has 0 aromatic carbocycles. The number of piperidine rings is 3. The molecule has 20 heavy (non-hydrogen) atoms. The number of nitrogens with zero attached hydrogens (tertiary/aromatic N) is 2. The topological polar surface area (TPSA) is 57.3 Å². The van der Waals surface area contributed by atoms with Gasteiger partial charge in [0.15, 0.2) is 0 Å². The molecule has 1 atom stereocenters. The fourth-order valence-corrected chi connectivity index (χ4v) is 3.39. The standard InChI is InChI=1S/C14H19ClN4O/c1-16-13-11(15)6-10(7-17-13)14(20)18-12-8-19-4-2-9(12)3-5-19/h6-7,9,12H,2-5,8H2,1H3,(H,16,17)(H,18,20). The molecule has 108 valence electrons. The van der Waals surface area contributed by atoms with Gasteiger partial charge in [-0.15, -0.1) is 0 Å². The first-order valence-corrected chi connectivity index (χ1v) is 7.41. The Morgan fingerprint density at radius 2 is 2.20 bits per heavy atom. The van der Waals surface area contributed by atoms with Crippen molar-refractivity contribution in [2.75, 3.05) is 32.0 Å². The summed E-state index contributed by atoms with van der Waals surface area (Å²) < 4.78 is 0. The van der Waals surface area contributed by atoms with Gasteiger partial charge in [-0.25, -0.2) is 4.98 Å². The van der Waals surface area contributed by atoms with E-state index in [1.165, 1.54) is 25.9 Å². The van der Waals surface area contributed by atoms with E-state index in [4.69, 9.17) is 11.6 Å². The van der Waals surface area contributed by atoms with Gasteiger partial charge in [0.25, 0.3) is 5.91 Å². The number of carbonyl (C=O) groups is 1. The van der Waals surface area contributed by atoms with Crippen LogP contribution in [-0.2, 0) is 0 Å². The number of hydrogen-bond donors (Lipinski definition) is 2. The van der Waals surface area contributed by atoms with Crippen LogP contribution in [0, 0.1) is 5.92 Å². The second-order valence-corrected chi connectivity index (χ2v) is 5.93. The molecular weight excluding hydrogens is 276 g/mol. The number of nitrogens with one attached hydrogen (secondary N) is 2. The lowest BCUT2D eigenvalue weighted by atomic mass is 9.84. The van der Waals surface area contributed by atoms with Crippen LogP contribution in [-0.4, -0.2) is 48.5 Å². The van der Waals surface area contributed by atoms with Crippen LogP contribution in [0.2, 0.25) is 5.02 Å². The van der Waals surface area contributed by atoms with Gasteiger partial charge in [-0.05, 0) is 37.9 Å². The second-order valence-electron chi connectivity index (χ2n) is 5.52. The van der Waals surface area contributed by atoms with Gasteiger partial charge in [-0.1, -0.05) is 11.6 Å². The molecule has 4 rings (SSSR count). The first-order valence-electron chi connectivity index (χ1n) is 7.04. The first kappa shape index (κ1) is 13.6. The van der Waals surface area contributed by atoms with E-state index in [1.807, 2.05) is 0 Å². The molecule has 3 fully saturated rings. The summed E-state index contributed by atoms with van der Waals surface area (Å²) in [6.45, 7) is 3.30. The molecule has 1 amide bonds. The normalized spacial score (nSPS) is 28.2. The summed E-state index contributed by atoms with van der Waals surface area (Å²) in [5.41, 5.74) is 0.519. The fraction of sp³-hybridized carbons (Fsp3) is 0.571. The molecule has 0 spiro atoms. The summed E-state index contributed by atoms with van der Waals surface area (Å²) in [7, 11) is 1.75. The molecule has 3 aliphatic heterocycles. The number of fused-ring (bicyclic) bond motifs is 3. The highest BCUT2D eigenvalue weighted by Crippen LogP contribution is 2.28. The predicted octanol–water partition coefficient (Wildman–Crippen LogP) is 1.60.